The van der Waals surface area contributed by atoms with Gasteiger partial charge in [-0.2, -0.15) is 0 Å². The van der Waals surface area contributed by atoms with Crippen LogP contribution in [0.4, 0.5) is 5.69 Å². The molecule has 1 saturated heterocycles. The second kappa shape index (κ2) is 4.80. The van der Waals surface area contributed by atoms with Crippen molar-refractivity contribution in [1.29, 1.82) is 0 Å². The molecule has 0 saturated carbocycles. The van der Waals surface area contributed by atoms with Crippen LogP contribution in [0, 0.1) is 0 Å². The van der Waals surface area contributed by atoms with E-state index in [1.807, 2.05) is 0 Å². The van der Waals surface area contributed by atoms with E-state index in [9.17, 15) is 0 Å². The van der Waals surface area contributed by atoms with Crippen LogP contribution in [0.25, 0.3) is 10.9 Å². The first-order chi connectivity index (χ1) is 8.43. The SMILES string of the molecule is c1ccc2c(NCCC3CCCN3)c[nH]c2c1. The quantitative estimate of drug-likeness (QED) is 0.754. The van der Waals surface area contributed by atoms with Gasteiger partial charge in [-0.1, -0.05) is 18.2 Å². The fourth-order valence-electron chi connectivity index (χ4n) is 2.60. The van der Waals surface area contributed by atoms with Gasteiger partial charge in [0.05, 0.1) is 5.69 Å². The standard InChI is InChI=1S/C14H19N3/c1-2-6-13-12(5-1)14(10-17-13)16-9-7-11-4-3-8-15-11/h1-2,5-6,10-11,15-17H,3-4,7-9H2. The van der Waals surface area contributed by atoms with Crippen molar-refractivity contribution in [2.45, 2.75) is 25.3 Å². The van der Waals surface area contributed by atoms with Crippen molar-refractivity contribution in [3.63, 3.8) is 0 Å². The van der Waals surface area contributed by atoms with Crippen LogP contribution in [0.15, 0.2) is 30.5 Å². The number of aromatic amines is 1. The molecule has 0 aliphatic carbocycles. The van der Waals surface area contributed by atoms with Crippen molar-refractivity contribution in [3.05, 3.63) is 30.5 Å². The molecule has 3 rings (SSSR count). The Hall–Kier alpha value is -1.48. The smallest absolute Gasteiger partial charge is 0.0597 e. The Morgan fingerprint density at radius 1 is 1.29 bits per heavy atom. The highest BCUT2D eigenvalue weighted by Crippen LogP contribution is 2.22. The molecule has 3 heteroatoms. The molecule has 3 nitrogen and oxygen atoms in total. The average Bonchev–Trinajstić information content (AvgIpc) is 2.99. The third kappa shape index (κ3) is 2.29. The predicted octanol–water partition coefficient (Wildman–Crippen LogP) is 2.72. The molecule has 0 bridgehead atoms. The lowest BCUT2D eigenvalue weighted by molar-refractivity contribution is 0.574. The number of nitrogens with one attached hydrogen (secondary N) is 3. The molecule has 1 aliphatic heterocycles. The number of aromatic nitrogens is 1. The number of H-pyrrole nitrogens is 1. The van der Waals surface area contributed by atoms with Gasteiger partial charge >= 0.3 is 0 Å². The third-order valence-electron chi connectivity index (χ3n) is 3.56. The van der Waals surface area contributed by atoms with Gasteiger partial charge in [0.2, 0.25) is 0 Å². The van der Waals surface area contributed by atoms with Crippen LogP contribution >= 0.6 is 0 Å². The van der Waals surface area contributed by atoms with E-state index in [-0.39, 0.29) is 0 Å². The van der Waals surface area contributed by atoms with Crippen LogP contribution < -0.4 is 10.6 Å². The second-order valence-electron chi connectivity index (χ2n) is 4.76. The zero-order valence-corrected chi connectivity index (χ0v) is 10.00. The van der Waals surface area contributed by atoms with Crippen molar-refractivity contribution in [3.8, 4) is 0 Å². The number of anilines is 1. The number of para-hydroxylation sites is 1. The lowest BCUT2D eigenvalue weighted by atomic mass is 10.1. The molecule has 1 aromatic carbocycles. The van der Waals surface area contributed by atoms with E-state index in [0.29, 0.717) is 6.04 Å². The first kappa shape index (κ1) is 10.7. The van der Waals surface area contributed by atoms with E-state index in [1.165, 1.54) is 42.4 Å². The van der Waals surface area contributed by atoms with Gasteiger partial charge in [0.25, 0.3) is 0 Å². The Morgan fingerprint density at radius 3 is 3.12 bits per heavy atom. The topological polar surface area (TPSA) is 39.8 Å². The van der Waals surface area contributed by atoms with Crippen LogP contribution in [-0.4, -0.2) is 24.1 Å². The fourth-order valence-corrected chi connectivity index (χ4v) is 2.60. The first-order valence-corrected chi connectivity index (χ1v) is 6.47. The molecule has 1 unspecified atom stereocenters. The Kier molecular flexibility index (Phi) is 3.01. The van der Waals surface area contributed by atoms with Gasteiger partial charge in [-0.25, -0.2) is 0 Å². The summed E-state index contributed by atoms with van der Waals surface area (Å²) in [6, 6.07) is 9.12. The van der Waals surface area contributed by atoms with Crippen molar-refractivity contribution < 1.29 is 0 Å². The number of benzene rings is 1. The molecule has 1 atom stereocenters. The summed E-state index contributed by atoms with van der Waals surface area (Å²) in [6.07, 6.45) is 5.93. The Bertz CT molecular complexity index is 483. The van der Waals surface area contributed by atoms with Gasteiger partial charge in [0.15, 0.2) is 0 Å². The first-order valence-electron chi connectivity index (χ1n) is 6.47. The van der Waals surface area contributed by atoms with E-state index in [2.05, 4.69) is 46.1 Å². The van der Waals surface area contributed by atoms with Crippen LogP contribution in [0.5, 0.6) is 0 Å². The summed E-state index contributed by atoms with van der Waals surface area (Å²) >= 11 is 0. The number of hydrogen-bond acceptors (Lipinski definition) is 2. The summed E-state index contributed by atoms with van der Waals surface area (Å²) in [4.78, 5) is 3.29. The minimum Gasteiger partial charge on any atom is -0.383 e. The van der Waals surface area contributed by atoms with E-state index < -0.39 is 0 Å². The van der Waals surface area contributed by atoms with Crippen molar-refractivity contribution >= 4 is 16.6 Å². The molecule has 1 aliphatic rings. The van der Waals surface area contributed by atoms with Crippen molar-refractivity contribution in [2.24, 2.45) is 0 Å². The highest BCUT2D eigenvalue weighted by Gasteiger charge is 2.13. The average molecular weight is 229 g/mol. The van der Waals surface area contributed by atoms with Crippen molar-refractivity contribution in [1.82, 2.24) is 10.3 Å². The maximum atomic E-state index is 3.53. The highest BCUT2D eigenvalue weighted by atomic mass is 15.0. The molecule has 0 radical (unpaired) electrons. The van der Waals surface area contributed by atoms with E-state index in [4.69, 9.17) is 0 Å². The van der Waals surface area contributed by atoms with Crippen LogP contribution in [0.1, 0.15) is 19.3 Å². The van der Waals surface area contributed by atoms with E-state index >= 15 is 0 Å². The molecule has 3 N–H and O–H groups in total. The van der Waals surface area contributed by atoms with Crippen molar-refractivity contribution in [2.75, 3.05) is 18.4 Å². The molecule has 90 valence electrons. The molecule has 2 aromatic rings. The van der Waals surface area contributed by atoms with Gasteiger partial charge in [-0.3, -0.25) is 0 Å². The number of rotatable bonds is 4. The summed E-state index contributed by atoms with van der Waals surface area (Å²) in [5.74, 6) is 0. The van der Waals surface area contributed by atoms with Crippen LogP contribution in [-0.2, 0) is 0 Å². The Balaban J connectivity index is 1.60. The minimum absolute atomic E-state index is 0.715. The van der Waals surface area contributed by atoms with Crippen LogP contribution in [0.2, 0.25) is 0 Å². The minimum atomic E-state index is 0.715. The van der Waals surface area contributed by atoms with E-state index in [1.54, 1.807) is 0 Å². The molecule has 0 spiro atoms. The summed E-state index contributed by atoms with van der Waals surface area (Å²) in [7, 11) is 0. The summed E-state index contributed by atoms with van der Waals surface area (Å²) in [5.41, 5.74) is 2.42. The van der Waals surface area contributed by atoms with Gasteiger partial charge in [0, 0.05) is 29.7 Å². The summed E-state index contributed by atoms with van der Waals surface area (Å²) < 4.78 is 0. The molecular formula is C14H19N3. The maximum Gasteiger partial charge on any atom is 0.0597 e. The van der Waals surface area contributed by atoms with Gasteiger partial charge in [0.1, 0.15) is 0 Å². The molecule has 0 amide bonds. The largest absolute Gasteiger partial charge is 0.383 e. The van der Waals surface area contributed by atoms with Gasteiger partial charge in [-0.05, 0) is 31.9 Å². The second-order valence-corrected chi connectivity index (χ2v) is 4.76. The zero-order valence-electron chi connectivity index (χ0n) is 10.00. The maximum absolute atomic E-state index is 3.53. The fraction of sp³-hybridized carbons (Fsp3) is 0.429. The molecule has 2 heterocycles. The summed E-state index contributed by atoms with van der Waals surface area (Å²) in [6.45, 7) is 2.23. The Labute approximate surface area is 102 Å². The normalized spacial score (nSPS) is 19.9. The van der Waals surface area contributed by atoms with Crippen LogP contribution in [0.3, 0.4) is 0 Å². The number of fused-ring (bicyclic) bond motifs is 1. The zero-order chi connectivity index (χ0) is 11.5. The lowest BCUT2D eigenvalue weighted by Crippen LogP contribution is -2.23. The predicted molar refractivity (Wildman–Crippen MR) is 72.4 cm³/mol. The summed E-state index contributed by atoms with van der Waals surface area (Å²) in [5, 5.41) is 8.33. The number of hydrogen-bond donors (Lipinski definition) is 3. The third-order valence-corrected chi connectivity index (χ3v) is 3.56. The van der Waals surface area contributed by atoms with Gasteiger partial charge < -0.3 is 15.6 Å². The highest BCUT2D eigenvalue weighted by molar-refractivity contribution is 5.92. The molecular weight excluding hydrogens is 210 g/mol. The van der Waals surface area contributed by atoms with Gasteiger partial charge in [-0.15, -0.1) is 0 Å². The molecule has 1 fully saturated rings. The molecule has 17 heavy (non-hydrogen) atoms. The Morgan fingerprint density at radius 2 is 2.24 bits per heavy atom. The lowest BCUT2D eigenvalue weighted by Gasteiger charge is -2.10. The monoisotopic (exact) mass is 229 g/mol. The molecule has 1 aromatic heterocycles. The van der Waals surface area contributed by atoms with E-state index in [0.717, 1.165) is 6.54 Å².